The Labute approximate surface area is 103 Å². The summed E-state index contributed by atoms with van der Waals surface area (Å²) in [6.45, 7) is 0.524. The Hall–Kier alpha value is -0.800. The summed E-state index contributed by atoms with van der Waals surface area (Å²) in [4.78, 5) is 0. The summed E-state index contributed by atoms with van der Waals surface area (Å²) in [6, 6.07) is 3.99. The van der Waals surface area contributed by atoms with Crippen LogP contribution in [0.25, 0.3) is 0 Å². The number of hydrogen-bond acceptors (Lipinski definition) is 3. The predicted octanol–water partition coefficient (Wildman–Crippen LogP) is 3.40. The first-order valence-corrected chi connectivity index (χ1v) is 6.62. The quantitative estimate of drug-likeness (QED) is 0.853. The summed E-state index contributed by atoms with van der Waals surface area (Å²) in [7, 11) is 1.67. The summed E-state index contributed by atoms with van der Waals surface area (Å²) in [5, 5.41) is 0. The Kier molecular flexibility index (Phi) is 4.63. The highest BCUT2D eigenvalue weighted by Gasteiger charge is 2.19. The Bertz CT molecular complexity index is 329. The minimum Gasteiger partial charge on any atom is -0.462 e. The zero-order chi connectivity index (χ0) is 12.1. The minimum atomic E-state index is 0.0451. The molecule has 0 spiro atoms. The van der Waals surface area contributed by atoms with Crippen molar-refractivity contribution >= 4 is 0 Å². The Balaban J connectivity index is 1.86. The molecule has 2 rings (SSSR count). The smallest absolute Gasteiger partial charge is 0.129 e. The number of furan rings is 1. The lowest BCUT2D eigenvalue weighted by molar-refractivity contribution is 0.161. The van der Waals surface area contributed by atoms with Crippen LogP contribution in [0.2, 0.25) is 0 Å². The van der Waals surface area contributed by atoms with Gasteiger partial charge in [0.2, 0.25) is 0 Å². The summed E-state index contributed by atoms with van der Waals surface area (Å²) in [5.41, 5.74) is 6.20. The van der Waals surface area contributed by atoms with E-state index in [2.05, 4.69) is 0 Å². The van der Waals surface area contributed by atoms with Gasteiger partial charge in [-0.2, -0.15) is 0 Å². The van der Waals surface area contributed by atoms with Gasteiger partial charge in [-0.25, -0.2) is 0 Å². The van der Waals surface area contributed by atoms with Gasteiger partial charge in [-0.15, -0.1) is 0 Å². The standard InChI is InChI=1S/C14H23NO2/c1-16-10-12-7-8-14(17-12)13(15)9-11-5-3-2-4-6-11/h7-8,11,13H,2-6,9-10,15H2,1H3. The summed E-state index contributed by atoms with van der Waals surface area (Å²) in [6.07, 6.45) is 7.85. The normalized spacial score (nSPS) is 19.4. The molecule has 0 aliphatic heterocycles. The average molecular weight is 237 g/mol. The van der Waals surface area contributed by atoms with Gasteiger partial charge in [-0.1, -0.05) is 32.1 Å². The van der Waals surface area contributed by atoms with Crippen molar-refractivity contribution in [1.29, 1.82) is 0 Å². The molecule has 1 aliphatic rings. The Morgan fingerprint density at radius 1 is 1.35 bits per heavy atom. The highest BCUT2D eigenvalue weighted by molar-refractivity contribution is 5.10. The molecule has 1 aliphatic carbocycles. The molecule has 3 nitrogen and oxygen atoms in total. The van der Waals surface area contributed by atoms with Crippen molar-refractivity contribution in [2.45, 2.75) is 51.2 Å². The number of hydrogen-bond donors (Lipinski definition) is 1. The Morgan fingerprint density at radius 2 is 2.12 bits per heavy atom. The van der Waals surface area contributed by atoms with Crippen molar-refractivity contribution in [3.63, 3.8) is 0 Å². The maximum absolute atomic E-state index is 6.20. The fourth-order valence-corrected chi connectivity index (χ4v) is 2.71. The first kappa shape index (κ1) is 12.7. The molecule has 1 saturated carbocycles. The molecule has 1 fully saturated rings. The van der Waals surface area contributed by atoms with Gasteiger partial charge in [0.25, 0.3) is 0 Å². The van der Waals surface area contributed by atoms with Gasteiger partial charge in [0.05, 0.1) is 6.04 Å². The van der Waals surface area contributed by atoms with Gasteiger partial charge in [-0.3, -0.25) is 0 Å². The molecule has 0 radical (unpaired) electrons. The average Bonchev–Trinajstić information content (AvgIpc) is 2.79. The molecular formula is C14H23NO2. The van der Waals surface area contributed by atoms with Crippen LogP contribution in [0.1, 0.15) is 56.1 Å². The molecule has 0 bridgehead atoms. The van der Waals surface area contributed by atoms with Crippen molar-refractivity contribution in [3.05, 3.63) is 23.7 Å². The lowest BCUT2D eigenvalue weighted by atomic mass is 9.84. The van der Waals surface area contributed by atoms with Crippen LogP contribution in [0.15, 0.2) is 16.5 Å². The van der Waals surface area contributed by atoms with E-state index in [9.17, 15) is 0 Å². The molecule has 96 valence electrons. The van der Waals surface area contributed by atoms with Crippen LogP contribution in [-0.2, 0) is 11.3 Å². The molecule has 2 N–H and O–H groups in total. The van der Waals surface area contributed by atoms with E-state index in [0.717, 1.165) is 23.9 Å². The molecule has 1 unspecified atom stereocenters. The lowest BCUT2D eigenvalue weighted by Gasteiger charge is -2.23. The molecule has 1 heterocycles. The van der Waals surface area contributed by atoms with Gasteiger partial charge >= 0.3 is 0 Å². The second kappa shape index (κ2) is 6.22. The zero-order valence-corrected chi connectivity index (χ0v) is 10.7. The van der Waals surface area contributed by atoms with Gasteiger partial charge in [0.15, 0.2) is 0 Å². The largest absolute Gasteiger partial charge is 0.462 e. The van der Waals surface area contributed by atoms with E-state index in [1.165, 1.54) is 32.1 Å². The van der Waals surface area contributed by atoms with E-state index in [1.807, 2.05) is 12.1 Å². The van der Waals surface area contributed by atoms with Crippen LogP contribution in [0, 0.1) is 5.92 Å². The zero-order valence-electron chi connectivity index (χ0n) is 10.7. The highest BCUT2D eigenvalue weighted by Crippen LogP contribution is 2.31. The van der Waals surface area contributed by atoms with Gasteiger partial charge in [-0.05, 0) is 24.5 Å². The van der Waals surface area contributed by atoms with E-state index in [4.69, 9.17) is 14.9 Å². The van der Waals surface area contributed by atoms with Crippen molar-refractivity contribution in [1.82, 2.24) is 0 Å². The van der Waals surface area contributed by atoms with Crippen LogP contribution < -0.4 is 5.73 Å². The van der Waals surface area contributed by atoms with E-state index in [1.54, 1.807) is 7.11 Å². The number of rotatable bonds is 5. The molecule has 1 atom stereocenters. The second-order valence-corrected chi connectivity index (χ2v) is 5.08. The first-order valence-electron chi connectivity index (χ1n) is 6.62. The molecule has 3 heteroatoms. The van der Waals surface area contributed by atoms with Crippen LogP contribution in [0.4, 0.5) is 0 Å². The number of nitrogens with two attached hydrogens (primary N) is 1. The van der Waals surface area contributed by atoms with E-state index in [0.29, 0.717) is 6.61 Å². The first-order chi connectivity index (χ1) is 8.29. The lowest BCUT2D eigenvalue weighted by Crippen LogP contribution is -2.16. The van der Waals surface area contributed by atoms with Gasteiger partial charge < -0.3 is 14.9 Å². The molecule has 1 aromatic rings. The minimum absolute atomic E-state index is 0.0451. The third-order valence-electron chi connectivity index (χ3n) is 3.65. The fourth-order valence-electron chi connectivity index (χ4n) is 2.71. The topological polar surface area (TPSA) is 48.4 Å². The monoisotopic (exact) mass is 237 g/mol. The number of ether oxygens (including phenoxy) is 1. The van der Waals surface area contributed by atoms with Gasteiger partial charge in [0.1, 0.15) is 18.1 Å². The van der Waals surface area contributed by atoms with E-state index < -0.39 is 0 Å². The maximum Gasteiger partial charge on any atom is 0.129 e. The maximum atomic E-state index is 6.20. The van der Waals surface area contributed by atoms with Crippen molar-refractivity contribution in [2.75, 3.05) is 7.11 Å². The number of methoxy groups -OCH3 is 1. The second-order valence-electron chi connectivity index (χ2n) is 5.08. The molecule has 0 amide bonds. The van der Waals surface area contributed by atoms with E-state index >= 15 is 0 Å². The van der Waals surface area contributed by atoms with Crippen LogP contribution >= 0.6 is 0 Å². The SMILES string of the molecule is COCc1ccc(C(N)CC2CCCCC2)o1. The summed E-state index contributed by atoms with van der Waals surface area (Å²) >= 11 is 0. The van der Waals surface area contributed by atoms with E-state index in [-0.39, 0.29) is 6.04 Å². The van der Waals surface area contributed by atoms with Crippen LogP contribution in [-0.4, -0.2) is 7.11 Å². The summed E-state index contributed by atoms with van der Waals surface area (Å²) in [5.74, 6) is 2.55. The van der Waals surface area contributed by atoms with Crippen LogP contribution in [0.3, 0.4) is 0 Å². The molecule has 1 aromatic heterocycles. The van der Waals surface area contributed by atoms with Crippen molar-refractivity contribution in [3.8, 4) is 0 Å². The van der Waals surface area contributed by atoms with Gasteiger partial charge in [0, 0.05) is 7.11 Å². The molecule has 17 heavy (non-hydrogen) atoms. The van der Waals surface area contributed by atoms with Crippen LogP contribution in [0.5, 0.6) is 0 Å². The predicted molar refractivity (Wildman–Crippen MR) is 67.5 cm³/mol. The third-order valence-corrected chi connectivity index (χ3v) is 3.65. The highest BCUT2D eigenvalue weighted by atomic mass is 16.5. The van der Waals surface area contributed by atoms with Crippen molar-refractivity contribution in [2.24, 2.45) is 11.7 Å². The Morgan fingerprint density at radius 3 is 2.82 bits per heavy atom. The fraction of sp³-hybridized carbons (Fsp3) is 0.714. The van der Waals surface area contributed by atoms with Crippen molar-refractivity contribution < 1.29 is 9.15 Å². The molecule has 0 aromatic carbocycles. The molecule has 0 saturated heterocycles. The molecular weight excluding hydrogens is 214 g/mol. The summed E-state index contributed by atoms with van der Waals surface area (Å²) < 4.78 is 10.7. The third kappa shape index (κ3) is 3.58.